The highest BCUT2D eigenvalue weighted by Crippen LogP contribution is 2.28. The molecule has 0 saturated heterocycles. The van der Waals surface area contributed by atoms with E-state index < -0.39 is 5.97 Å². The molecule has 1 N–H and O–H groups in total. The molecule has 21 heavy (non-hydrogen) atoms. The third-order valence-electron chi connectivity index (χ3n) is 2.72. The monoisotopic (exact) mass is 285 g/mol. The molecule has 1 aromatic carbocycles. The number of ether oxygens (including phenoxy) is 1. The van der Waals surface area contributed by atoms with Crippen LogP contribution in [0.5, 0.6) is 5.75 Å². The van der Waals surface area contributed by atoms with Gasteiger partial charge in [0.1, 0.15) is 11.5 Å². The third-order valence-corrected chi connectivity index (χ3v) is 2.72. The van der Waals surface area contributed by atoms with E-state index in [9.17, 15) is 4.79 Å². The summed E-state index contributed by atoms with van der Waals surface area (Å²) in [6.07, 6.45) is 0. The summed E-state index contributed by atoms with van der Waals surface area (Å²) in [6, 6.07) is 10.0. The summed E-state index contributed by atoms with van der Waals surface area (Å²) in [7, 11) is 0. The average molecular weight is 285 g/mol. The summed E-state index contributed by atoms with van der Waals surface area (Å²) in [5.41, 5.74) is 1.04. The van der Waals surface area contributed by atoms with E-state index in [2.05, 4.69) is 6.07 Å². The highest BCUT2D eigenvalue weighted by molar-refractivity contribution is 5.85. The molecule has 0 bridgehead atoms. The van der Waals surface area contributed by atoms with Crippen LogP contribution in [0.4, 0.5) is 0 Å². The Labute approximate surface area is 122 Å². The van der Waals surface area contributed by atoms with Gasteiger partial charge in [-0.1, -0.05) is 13.8 Å². The van der Waals surface area contributed by atoms with Gasteiger partial charge in [-0.2, -0.15) is 5.26 Å². The van der Waals surface area contributed by atoms with Crippen molar-refractivity contribution in [2.24, 2.45) is 5.92 Å². The molecule has 2 rings (SSSR count). The third kappa shape index (κ3) is 3.63. The fourth-order valence-corrected chi connectivity index (χ4v) is 1.76. The molecule has 0 spiro atoms. The van der Waals surface area contributed by atoms with Crippen LogP contribution in [0.15, 0.2) is 34.7 Å². The van der Waals surface area contributed by atoms with Gasteiger partial charge in [0.15, 0.2) is 0 Å². The first-order valence-corrected chi connectivity index (χ1v) is 6.51. The fraction of sp³-hybridized carbons (Fsp3) is 0.250. The second-order valence-corrected chi connectivity index (χ2v) is 5.03. The van der Waals surface area contributed by atoms with E-state index in [1.807, 2.05) is 13.8 Å². The number of benzene rings is 1. The van der Waals surface area contributed by atoms with Crippen LogP contribution in [0, 0.1) is 17.2 Å². The highest BCUT2D eigenvalue weighted by Gasteiger charge is 2.12. The molecule has 0 fully saturated rings. The van der Waals surface area contributed by atoms with Crippen LogP contribution in [0.3, 0.4) is 0 Å². The maximum absolute atomic E-state index is 10.8. The summed E-state index contributed by atoms with van der Waals surface area (Å²) >= 11 is 0. The van der Waals surface area contributed by atoms with Crippen molar-refractivity contribution in [3.8, 4) is 23.1 Å². The Morgan fingerprint density at radius 1 is 1.38 bits per heavy atom. The lowest BCUT2D eigenvalue weighted by atomic mass is 10.1. The molecule has 0 saturated carbocycles. The van der Waals surface area contributed by atoms with Crippen LogP contribution < -0.4 is 4.74 Å². The zero-order valence-corrected chi connectivity index (χ0v) is 11.8. The first-order valence-electron chi connectivity index (χ1n) is 6.51. The van der Waals surface area contributed by atoms with Crippen molar-refractivity contribution >= 4 is 5.97 Å². The maximum Gasteiger partial charge on any atom is 0.371 e. The van der Waals surface area contributed by atoms with Crippen molar-refractivity contribution in [2.45, 2.75) is 13.8 Å². The number of nitrogens with zero attached hydrogens (tertiary/aromatic N) is 1. The molecule has 1 aromatic heterocycles. The van der Waals surface area contributed by atoms with Gasteiger partial charge in [-0.25, -0.2) is 4.79 Å². The summed E-state index contributed by atoms with van der Waals surface area (Å²) in [4.78, 5) is 10.8. The Kier molecular flexibility index (Phi) is 4.29. The van der Waals surface area contributed by atoms with Gasteiger partial charge >= 0.3 is 5.97 Å². The zero-order valence-electron chi connectivity index (χ0n) is 11.8. The van der Waals surface area contributed by atoms with Crippen molar-refractivity contribution in [1.82, 2.24) is 0 Å². The molecule has 0 unspecified atom stereocenters. The van der Waals surface area contributed by atoms with E-state index in [0.29, 0.717) is 35.2 Å². The van der Waals surface area contributed by atoms with E-state index in [4.69, 9.17) is 19.5 Å². The van der Waals surface area contributed by atoms with Crippen LogP contribution in [0.2, 0.25) is 0 Å². The van der Waals surface area contributed by atoms with Crippen molar-refractivity contribution < 1.29 is 19.1 Å². The zero-order chi connectivity index (χ0) is 15.4. The Balaban J connectivity index is 2.35. The van der Waals surface area contributed by atoms with Crippen LogP contribution in [0.25, 0.3) is 11.3 Å². The van der Waals surface area contributed by atoms with E-state index in [0.717, 1.165) is 0 Å². The normalized spacial score (nSPS) is 10.4. The van der Waals surface area contributed by atoms with Crippen LogP contribution in [-0.2, 0) is 0 Å². The number of hydrogen-bond donors (Lipinski definition) is 1. The van der Waals surface area contributed by atoms with Gasteiger partial charge in [-0.05, 0) is 36.2 Å². The largest absolute Gasteiger partial charge is 0.493 e. The molecule has 2 aromatic rings. The molecule has 0 atom stereocenters. The molecule has 5 heteroatoms. The number of furan rings is 1. The summed E-state index contributed by atoms with van der Waals surface area (Å²) in [5, 5.41) is 17.9. The maximum atomic E-state index is 10.8. The molecule has 0 aliphatic heterocycles. The minimum atomic E-state index is -1.13. The Bertz CT molecular complexity index is 695. The van der Waals surface area contributed by atoms with E-state index in [1.165, 1.54) is 6.07 Å². The average Bonchev–Trinajstić information content (AvgIpc) is 2.94. The van der Waals surface area contributed by atoms with Gasteiger partial charge in [0, 0.05) is 5.56 Å². The number of nitriles is 1. The smallest absolute Gasteiger partial charge is 0.371 e. The van der Waals surface area contributed by atoms with Crippen molar-refractivity contribution in [2.75, 3.05) is 6.61 Å². The lowest BCUT2D eigenvalue weighted by molar-refractivity contribution is 0.0663. The predicted octanol–water partition coefficient (Wildman–Crippen LogP) is 3.55. The van der Waals surface area contributed by atoms with Gasteiger partial charge in [0.25, 0.3) is 0 Å². The van der Waals surface area contributed by atoms with E-state index >= 15 is 0 Å². The fourth-order valence-electron chi connectivity index (χ4n) is 1.76. The minimum Gasteiger partial charge on any atom is -0.493 e. The van der Waals surface area contributed by atoms with Crippen molar-refractivity contribution in [3.05, 3.63) is 41.7 Å². The molecule has 5 nitrogen and oxygen atoms in total. The quantitative estimate of drug-likeness (QED) is 0.908. The molecule has 0 radical (unpaired) electrons. The number of carboxylic acids is 1. The van der Waals surface area contributed by atoms with Gasteiger partial charge in [0.2, 0.25) is 5.76 Å². The Hall–Kier alpha value is -2.74. The summed E-state index contributed by atoms with van der Waals surface area (Å²) < 4.78 is 10.9. The second kappa shape index (κ2) is 6.14. The first-order chi connectivity index (χ1) is 9.99. The van der Waals surface area contributed by atoms with Gasteiger partial charge in [-0.3, -0.25) is 0 Å². The van der Waals surface area contributed by atoms with E-state index in [1.54, 1.807) is 24.3 Å². The molecule has 108 valence electrons. The standard InChI is InChI=1S/C16H15NO4/c1-10(2)9-20-13-6-11(8-17)5-12(7-13)14-3-4-15(21-14)16(18)19/h3-7,10H,9H2,1-2H3,(H,18,19). The Morgan fingerprint density at radius 2 is 2.14 bits per heavy atom. The number of rotatable bonds is 5. The van der Waals surface area contributed by atoms with Crippen molar-refractivity contribution in [1.29, 1.82) is 5.26 Å². The minimum absolute atomic E-state index is 0.142. The van der Waals surface area contributed by atoms with Crippen molar-refractivity contribution in [3.63, 3.8) is 0 Å². The summed E-state index contributed by atoms with van der Waals surface area (Å²) in [6.45, 7) is 4.59. The van der Waals surface area contributed by atoms with Crippen LogP contribution in [0.1, 0.15) is 30.0 Å². The van der Waals surface area contributed by atoms with Gasteiger partial charge < -0.3 is 14.3 Å². The molecule has 0 aliphatic rings. The first kappa shape index (κ1) is 14.7. The molecular weight excluding hydrogens is 270 g/mol. The lowest BCUT2D eigenvalue weighted by Gasteiger charge is -2.10. The molecule has 0 amide bonds. The number of aromatic carboxylic acids is 1. The topological polar surface area (TPSA) is 83.5 Å². The number of carbonyl (C=O) groups is 1. The predicted molar refractivity (Wildman–Crippen MR) is 76.2 cm³/mol. The second-order valence-electron chi connectivity index (χ2n) is 5.03. The Morgan fingerprint density at radius 3 is 2.71 bits per heavy atom. The molecule has 1 heterocycles. The van der Waals surface area contributed by atoms with Gasteiger partial charge in [-0.15, -0.1) is 0 Å². The molecular formula is C16H15NO4. The number of hydrogen-bond acceptors (Lipinski definition) is 4. The van der Waals surface area contributed by atoms with Gasteiger partial charge in [0.05, 0.1) is 18.2 Å². The van der Waals surface area contributed by atoms with Crippen LogP contribution in [-0.4, -0.2) is 17.7 Å². The summed E-state index contributed by atoms with van der Waals surface area (Å²) in [5.74, 6) is 0.0392. The number of carboxylic acid groups (broad SMARTS) is 1. The molecule has 0 aliphatic carbocycles. The van der Waals surface area contributed by atoms with Crippen LogP contribution >= 0.6 is 0 Å². The lowest BCUT2D eigenvalue weighted by Crippen LogP contribution is -2.04. The SMILES string of the molecule is CC(C)COc1cc(C#N)cc(-c2ccc(C(=O)O)o2)c1. The highest BCUT2D eigenvalue weighted by atomic mass is 16.5. The van der Waals surface area contributed by atoms with E-state index in [-0.39, 0.29) is 5.76 Å².